The molecule has 0 unspecified atom stereocenters. The molecule has 0 rings (SSSR count). The van der Waals surface area contributed by atoms with E-state index in [0.29, 0.717) is 0 Å². The molecular weight excluding hydrogens is 102 g/mol. The molecule has 0 radical (unpaired) electrons. The van der Waals surface area contributed by atoms with Gasteiger partial charge in [0.25, 0.3) is 0 Å². The third kappa shape index (κ3) is 1.73. The van der Waals surface area contributed by atoms with Gasteiger partial charge in [-0.25, -0.2) is 4.58 Å². The molecule has 3 N–H and O–H groups in total. The van der Waals surface area contributed by atoms with Crippen LogP contribution in [0.3, 0.4) is 0 Å². The highest BCUT2D eigenvalue weighted by Crippen LogP contribution is 1.79. The van der Waals surface area contributed by atoms with Crippen molar-refractivity contribution in [2.75, 3.05) is 0 Å². The van der Waals surface area contributed by atoms with Crippen LogP contribution in [0, 0.1) is 5.41 Å². The summed E-state index contributed by atoms with van der Waals surface area (Å²) >= 11 is 0. The van der Waals surface area contributed by atoms with E-state index in [1.807, 2.05) is 13.8 Å². The van der Waals surface area contributed by atoms with E-state index in [2.05, 4.69) is 0 Å². The average molecular weight is 114 g/mol. The van der Waals surface area contributed by atoms with Crippen molar-refractivity contribution in [3.8, 4) is 0 Å². The van der Waals surface area contributed by atoms with Crippen LogP contribution in [-0.4, -0.2) is 23.3 Å². The van der Waals surface area contributed by atoms with Crippen LogP contribution < -0.4 is 5.73 Å². The quantitative estimate of drug-likeness (QED) is 0.296. The van der Waals surface area contributed by atoms with Crippen LogP contribution in [-0.2, 0) is 0 Å². The lowest BCUT2D eigenvalue weighted by Crippen LogP contribution is -2.22. The van der Waals surface area contributed by atoms with Crippen LogP contribution in [0.5, 0.6) is 0 Å². The third-order valence-corrected chi connectivity index (χ3v) is 0.917. The summed E-state index contributed by atoms with van der Waals surface area (Å²) in [5, 5.41) is 6.78. The molecule has 0 heterocycles. The van der Waals surface area contributed by atoms with Gasteiger partial charge in [0.2, 0.25) is 6.34 Å². The van der Waals surface area contributed by atoms with Crippen LogP contribution >= 0.6 is 0 Å². The second-order valence-corrected chi connectivity index (χ2v) is 1.82. The Morgan fingerprint density at radius 3 is 2.12 bits per heavy atom. The third-order valence-electron chi connectivity index (χ3n) is 0.917. The molecule has 0 aliphatic heterocycles. The maximum atomic E-state index is 6.78. The topological polar surface area (TPSA) is 52.9 Å². The predicted molar refractivity (Wildman–Crippen MR) is 34.4 cm³/mol. The van der Waals surface area contributed by atoms with Crippen molar-refractivity contribution < 1.29 is 4.58 Å². The van der Waals surface area contributed by atoms with Gasteiger partial charge in [-0.1, -0.05) is 0 Å². The summed E-state index contributed by atoms with van der Waals surface area (Å²) in [7, 11) is 0. The fourth-order valence-corrected chi connectivity index (χ4v) is 0.364. The summed E-state index contributed by atoms with van der Waals surface area (Å²) in [6.07, 6.45) is 2.59. The molecule has 0 saturated heterocycles. The Bertz CT molecular complexity index is 104. The fourth-order valence-electron chi connectivity index (χ4n) is 0.364. The fraction of sp³-hybridized carbons (Fsp3) is 0.600. The van der Waals surface area contributed by atoms with Crippen LogP contribution in [0.15, 0.2) is 0 Å². The minimum absolute atomic E-state index is 0.289. The number of hydrogen-bond acceptors (Lipinski definition) is 1. The van der Waals surface area contributed by atoms with Gasteiger partial charge in [-0.3, -0.25) is 0 Å². The highest BCUT2D eigenvalue weighted by Gasteiger charge is 1.96. The summed E-state index contributed by atoms with van der Waals surface area (Å²) in [6, 6.07) is 0.289. The van der Waals surface area contributed by atoms with Gasteiger partial charge >= 0.3 is 0 Å². The second kappa shape index (κ2) is 3.18. The van der Waals surface area contributed by atoms with Crippen LogP contribution in [0.2, 0.25) is 0 Å². The Morgan fingerprint density at radius 2 is 2.12 bits per heavy atom. The monoisotopic (exact) mass is 114 g/mol. The van der Waals surface area contributed by atoms with E-state index >= 15 is 0 Å². The molecule has 0 aromatic rings. The first kappa shape index (κ1) is 7.14. The molecule has 0 bridgehead atoms. The van der Waals surface area contributed by atoms with Gasteiger partial charge in [0.1, 0.15) is 0 Å². The van der Waals surface area contributed by atoms with Gasteiger partial charge in [0.15, 0.2) is 6.34 Å². The smallest absolute Gasteiger partial charge is 0.216 e. The lowest BCUT2D eigenvalue weighted by Gasteiger charge is -2.00. The van der Waals surface area contributed by atoms with E-state index in [1.54, 1.807) is 4.58 Å². The van der Waals surface area contributed by atoms with Crippen molar-refractivity contribution in [1.82, 2.24) is 0 Å². The van der Waals surface area contributed by atoms with E-state index in [0.717, 1.165) is 0 Å². The van der Waals surface area contributed by atoms with Gasteiger partial charge in [0.05, 0.1) is 6.04 Å². The van der Waals surface area contributed by atoms with E-state index in [1.165, 1.54) is 12.7 Å². The summed E-state index contributed by atoms with van der Waals surface area (Å²) < 4.78 is 1.61. The predicted octanol–water partition coefficient (Wildman–Crippen LogP) is 0.00137. The van der Waals surface area contributed by atoms with Gasteiger partial charge < -0.3 is 5.73 Å². The zero-order chi connectivity index (χ0) is 6.57. The number of nitrogens with zero attached hydrogens (tertiary/aromatic N) is 1. The molecule has 0 saturated carbocycles. The van der Waals surface area contributed by atoms with Crippen molar-refractivity contribution in [3.05, 3.63) is 0 Å². The van der Waals surface area contributed by atoms with Crippen LogP contribution in [0.4, 0.5) is 0 Å². The SMILES string of the molecule is CC(C)[N+](C=N)=CN. The standard InChI is InChI=1S/C5H11N3/c1-5(2)8(3-6)4-7/h3-7H,1-2H3/p+1. The first-order valence-electron chi connectivity index (χ1n) is 2.55. The summed E-state index contributed by atoms with van der Waals surface area (Å²) in [6.45, 7) is 3.93. The second-order valence-electron chi connectivity index (χ2n) is 1.82. The molecular formula is C5H12N3+. The van der Waals surface area contributed by atoms with E-state index < -0.39 is 0 Å². The van der Waals surface area contributed by atoms with Crippen molar-refractivity contribution >= 4 is 12.7 Å². The Morgan fingerprint density at radius 1 is 1.62 bits per heavy atom. The normalized spacial score (nSPS) is 12.1. The van der Waals surface area contributed by atoms with E-state index in [-0.39, 0.29) is 6.04 Å². The molecule has 0 aromatic heterocycles. The van der Waals surface area contributed by atoms with Crippen LogP contribution in [0.1, 0.15) is 13.8 Å². The minimum atomic E-state index is 0.289. The number of rotatable bonds is 2. The van der Waals surface area contributed by atoms with Gasteiger partial charge in [-0.2, -0.15) is 5.41 Å². The molecule has 0 aromatic carbocycles. The molecule has 0 aliphatic rings. The number of hydrogen-bond donors (Lipinski definition) is 2. The van der Waals surface area contributed by atoms with Crippen molar-refractivity contribution in [3.63, 3.8) is 0 Å². The Labute approximate surface area is 49.3 Å². The Hall–Kier alpha value is -0.860. The summed E-state index contributed by atoms with van der Waals surface area (Å²) in [5.41, 5.74) is 5.13. The Kier molecular flexibility index (Phi) is 2.84. The maximum absolute atomic E-state index is 6.78. The Balaban J connectivity index is 3.91. The maximum Gasteiger partial charge on any atom is 0.216 e. The first-order valence-corrected chi connectivity index (χ1v) is 2.55. The van der Waals surface area contributed by atoms with Gasteiger partial charge in [-0.15, -0.1) is 0 Å². The minimum Gasteiger partial charge on any atom is -0.325 e. The summed E-state index contributed by atoms with van der Waals surface area (Å²) in [5.74, 6) is 0. The molecule has 0 atom stereocenters. The largest absolute Gasteiger partial charge is 0.325 e. The zero-order valence-electron chi connectivity index (χ0n) is 5.26. The highest BCUT2D eigenvalue weighted by atomic mass is 15.1. The molecule has 0 amide bonds. The molecule has 0 spiro atoms. The number of nitrogens with one attached hydrogen (secondary N) is 1. The van der Waals surface area contributed by atoms with Gasteiger partial charge in [-0.05, 0) is 13.8 Å². The molecule has 46 valence electrons. The summed E-state index contributed by atoms with van der Waals surface area (Å²) in [4.78, 5) is 0. The average Bonchev–Trinajstić information content (AvgIpc) is 1.69. The molecule has 8 heavy (non-hydrogen) atoms. The van der Waals surface area contributed by atoms with Crippen molar-refractivity contribution in [2.24, 2.45) is 5.73 Å². The molecule has 0 fully saturated rings. The van der Waals surface area contributed by atoms with Crippen molar-refractivity contribution in [2.45, 2.75) is 19.9 Å². The van der Waals surface area contributed by atoms with Gasteiger partial charge in [0, 0.05) is 0 Å². The van der Waals surface area contributed by atoms with E-state index in [9.17, 15) is 0 Å². The molecule has 3 heteroatoms. The lowest BCUT2D eigenvalue weighted by molar-refractivity contribution is -0.432. The molecule has 3 nitrogen and oxygen atoms in total. The first-order chi connectivity index (χ1) is 3.72. The van der Waals surface area contributed by atoms with Crippen LogP contribution in [0.25, 0.3) is 0 Å². The van der Waals surface area contributed by atoms with E-state index in [4.69, 9.17) is 11.1 Å². The van der Waals surface area contributed by atoms with Crippen molar-refractivity contribution in [1.29, 1.82) is 5.41 Å². The zero-order valence-corrected chi connectivity index (χ0v) is 5.26. The number of nitrogens with two attached hydrogens (primary N) is 1. The lowest BCUT2D eigenvalue weighted by atomic mass is 10.4. The highest BCUT2D eigenvalue weighted by molar-refractivity contribution is 5.54. The molecule has 0 aliphatic carbocycles.